The van der Waals surface area contributed by atoms with E-state index in [2.05, 4.69) is 22.0 Å². The number of benzene rings is 1. The van der Waals surface area contributed by atoms with E-state index in [0.29, 0.717) is 12.2 Å². The third-order valence-electron chi connectivity index (χ3n) is 7.03. The van der Waals surface area contributed by atoms with Crippen molar-refractivity contribution >= 4 is 5.97 Å². The molecule has 1 aliphatic carbocycles. The molecule has 5 heteroatoms. The van der Waals surface area contributed by atoms with Crippen molar-refractivity contribution < 1.29 is 14.6 Å². The van der Waals surface area contributed by atoms with Crippen molar-refractivity contribution in [3.05, 3.63) is 66.0 Å². The number of likely N-dealkylation sites (tertiary alicyclic amines) is 1. The molecule has 1 aromatic carbocycles. The lowest BCUT2D eigenvalue weighted by Gasteiger charge is -2.32. The van der Waals surface area contributed by atoms with Crippen LogP contribution in [-0.2, 0) is 15.1 Å². The van der Waals surface area contributed by atoms with E-state index in [1.807, 2.05) is 42.7 Å². The minimum Gasteiger partial charge on any atom is -0.463 e. The first-order chi connectivity index (χ1) is 15.2. The van der Waals surface area contributed by atoms with Gasteiger partial charge >= 0.3 is 5.97 Å². The zero-order valence-electron chi connectivity index (χ0n) is 18.3. The van der Waals surface area contributed by atoms with Crippen LogP contribution in [0.15, 0.2) is 54.9 Å². The number of hydrogen-bond acceptors (Lipinski definition) is 5. The van der Waals surface area contributed by atoms with Crippen molar-refractivity contribution in [3.8, 4) is 0 Å². The van der Waals surface area contributed by atoms with Crippen LogP contribution in [0.5, 0.6) is 0 Å². The van der Waals surface area contributed by atoms with E-state index in [9.17, 15) is 9.90 Å². The fraction of sp³-hybridized carbons (Fsp3) is 0.538. The molecule has 166 valence electrons. The Kier molecular flexibility index (Phi) is 7.36. The van der Waals surface area contributed by atoms with E-state index in [0.717, 1.165) is 51.7 Å². The summed E-state index contributed by atoms with van der Waals surface area (Å²) in [5.74, 6) is -0.298. The van der Waals surface area contributed by atoms with Crippen molar-refractivity contribution in [1.29, 1.82) is 0 Å². The fourth-order valence-electron chi connectivity index (χ4n) is 5.24. The molecule has 1 aromatic heterocycles. The van der Waals surface area contributed by atoms with Gasteiger partial charge in [-0.15, -0.1) is 0 Å². The van der Waals surface area contributed by atoms with Crippen LogP contribution in [0.2, 0.25) is 0 Å². The maximum absolute atomic E-state index is 13.2. The van der Waals surface area contributed by atoms with Gasteiger partial charge in [-0.2, -0.15) is 0 Å². The lowest BCUT2D eigenvalue weighted by atomic mass is 9.80. The maximum Gasteiger partial charge on any atom is 0.343 e. The maximum atomic E-state index is 13.2. The van der Waals surface area contributed by atoms with Crippen molar-refractivity contribution in [3.63, 3.8) is 0 Å². The van der Waals surface area contributed by atoms with Gasteiger partial charge in [-0.05, 0) is 74.4 Å². The van der Waals surface area contributed by atoms with Crippen LogP contribution in [0.25, 0.3) is 0 Å². The lowest BCUT2D eigenvalue weighted by Crippen LogP contribution is -2.43. The number of aromatic nitrogens is 1. The van der Waals surface area contributed by atoms with Crippen molar-refractivity contribution in [2.75, 3.05) is 26.2 Å². The SMILES string of the molecule is O=C(OCC[C@@H](CN1CCCC1)c1ccncc1)C(O)(c1ccccc1)C1CCCC1. The molecule has 0 amide bonds. The van der Waals surface area contributed by atoms with Crippen LogP contribution < -0.4 is 0 Å². The summed E-state index contributed by atoms with van der Waals surface area (Å²) >= 11 is 0. The standard InChI is InChI=1S/C26H34N2O3/c29-25(26(30,24-10-4-5-11-24)23-8-2-1-3-9-23)31-19-14-22(20-28-17-6-7-18-28)21-12-15-27-16-13-21/h1-3,8-9,12-13,15-16,22,24,30H,4-7,10-11,14,17-20H2/t22-,26?/m0/s1. The van der Waals surface area contributed by atoms with E-state index < -0.39 is 11.6 Å². The van der Waals surface area contributed by atoms with Crippen LogP contribution in [0.1, 0.15) is 62.0 Å². The van der Waals surface area contributed by atoms with E-state index >= 15 is 0 Å². The highest BCUT2D eigenvalue weighted by Gasteiger charge is 2.47. The molecule has 1 unspecified atom stereocenters. The van der Waals surface area contributed by atoms with Gasteiger partial charge in [-0.1, -0.05) is 43.2 Å². The smallest absolute Gasteiger partial charge is 0.343 e. The fourth-order valence-corrected chi connectivity index (χ4v) is 5.24. The summed E-state index contributed by atoms with van der Waals surface area (Å²) in [7, 11) is 0. The zero-order valence-corrected chi connectivity index (χ0v) is 18.3. The van der Waals surface area contributed by atoms with E-state index in [1.165, 1.54) is 18.4 Å². The quantitative estimate of drug-likeness (QED) is 0.612. The van der Waals surface area contributed by atoms with Crippen LogP contribution in [0.3, 0.4) is 0 Å². The summed E-state index contributed by atoms with van der Waals surface area (Å²) in [5, 5.41) is 11.6. The Balaban J connectivity index is 1.43. The number of carbonyl (C=O) groups is 1. The highest BCUT2D eigenvalue weighted by molar-refractivity contribution is 5.81. The molecule has 1 N–H and O–H groups in total. The Morgan fingerprint density at radius 2 is 1.74 bits per heavy atom. The summed E-state index contributed by atoms with van der Waals surface area (Å²) in [4.78, 5) is 19.9. The third kappa shape index (κ3) is 5.16. The lowest BCUT2D eigenvalue weighted by molar-refractivity contribution is -0.174. The summed E-state index contributed by atoms with van der Waals surface area (Å²) < 4.78 is 5.77. The molecular weight excluding hydrogens is 388 g/mol. The zero-order chi connectivity index (χ0) is 21.5. The summed E-state index contributed by atoms with van der Waals surface area (Å²) in [6.07, 6.45) is 10.7. The van der Waals surface area contributed by atoms with Gasteiger partial charge in [0.15, 0.2) is 5.60 Å². The molecule has 0 spiro atoms. The van der Waals surface area contributed by atoms with E-state index in [4.69, 9.17) is 4.74 Å². The predicted molar refractivity (Wildman–Crippen MR) is 121 cm³/mol. The minimum absolute atomic E-state index is 0.0806. The number of hydrogen-bond donors (Lipinski definition) is 1. The highest BCUT2D eigenvalue weighted by atomic mass is 16.5. The predicted octanol–water partition coefficient (Wildman–Crippen LogP) is 4.27. The Morgan fingerprint density at radius 3 is 2.42 bits per heavy atom. The molecule has 2 heterocycles. The molecule has 5 nitrogen and oxygen atoms in total. The number of rotatable bonds is 9. The summed E-state index contributed by atoms with van der Waals surface area (Å²) in [6.45, 7) is 3.54. The molecule has 2 fully saturated rings. The molecule has 2 aromatic rings. The molecule has 1 saturated heterocycles. The number of esters is 1. The number of aliphatic hydroxyl groups is 1. The van der Waals surface area contributed by atoms with Crippen LogP contribution in [0, 0.1) is 5.92 Å². The summed E-state index contributed by atoms with van der Waals surface area (Å²) in [5.41, 5.74) is 0.320. The monoisotopic (exact) mass is 422 g/mol. The molecule has 2 aliphatic rings. The molecule has 31 heavy (non-hydrogen) atoms. The van der Waals surface area contributed by atoms with Gasteiger partial charge in [0.25, 0.3) is 0 Å². The summed E-state index contributed by atoms with van der Waals surface area (Å²) in [6, 6.07) is 13.4. The first-order valence-corrected chi connectivity index (χ1v) is 11.8. The first-order valence-electron chi connectivity index (χ1n) is 11.8. The Hall–Kier alpha value is -2.24. The van der Waals surface area contributed by atoms with Gasteiger partial charge < -0.3 is 14.7 Å². The molecule has 0 bridgehead atoms. The first kappa shape index (κ1) is 22.0. The second-order valence-corrected chi connectivity index (χ2v) is 9.02. The Morgan fingerprint density at radius 1 is 1.06 bits per heavy atom. The van der Waals surface area contributed by atoms with Gasteiger partial charge in [-0.3, -0.25) is 4.98 Å². The topological polar surface area (TPSA) is 62.7 Å². The number of carbonyl (C=O) groups excluding carboxylic acids is 1. The minimum atomic E-state index is -1.56. The Labute approximate surface area is 185 Å². The van der Waals surface area contributed by atoms with E-state index in [-0.39, 0.29) is 11.8 Å². The molecule has 2 atom stereocenters. The number of ether oxygens (including phenoxy) is 1. The van der Waals surface area contributed by atoms with E-state index in [1.54, 1.807) is 0 Å². The van der Waals surface area contributed by atoms with Crippen LogP contribution in [0.4, 0.5) is 0 Å². The second kappa shape index (κ2) is 10.4. The van der Waals surface area contributed by atoms with Gasteiger partial charge in [-0.25, -0.2) is 4.79 Å². The van der Waals surface area contributed by atoms with Crippen molar-refractivity contribution in [1.82, 2.24) is 9.88 Å². The van der Waals surface area contributed by atoms with Gasteiger partial charge in [0, 0.05) is 24.9 Å². The molecular formula is C26H34N2O3. The van der Waals surface area contributed by atoms with Crippen LogP contribution >= 0.6 is 0 Å². The molecule has 4 rings (SSSR count). The normalized spacial score (nSPS) is 20.4. The molecule has 1 saturated carbocycles. The highest BCUT2D eigenvalue weighted by Crippen LogP contribution is 2.41. The van der Waals surface area contributed by atoms with Crippen molar-refractivity contribution in [2.24, 2.45) is 5.92 Å². The molecule has 0 radical (unpaired) electrons. The molecule has 1 aliphatic heterocycles. The van der Waals surface area contributed by atoms with Crippen molar-refractivity contribution in [2.45, 2.75) is 56.5 Å². The van der Waals surface area contributed by atoms with Gasteiger partial charge in [0.1, 0.15) is 0 Å². The largest absolute Gasteiger partial charge is 0.463 e. The average Bonchev–Trinajstić information content (AvgIpc) is 3.54. The van der Waals surface area contributed by atoms with Crippen LogP contribution in [-0.4, -0.2) is 47.2 Å². The Bertz CT molecular complexity index is 817. The van der Waals surface area contributed by atoms with Gasteiger partial charge in [0.2, 0.25) is 0 Å². The number of pyridine rings is 1. The van der Waals surface area contributed by atoms with Gasteiger partial charge in [0.05, 0.1) is 6.61 Å². The second-order valence-electron chi connectivity index (χ2n) is 9.02. The third-order valence-corrected chi connectivity index (χ3v) is 7.03. The average molecular weight is 423 g/mol. The number of nitrogens with zero attached hydrogens (tertiary/aromatic N) is 2.